The first kappa shape index (κ1) is 12.0. The third kappa shape index (κ3) is 2.79. The van der Waals surface area contributed by atoms with Crippen LogP contribution in [0.3, 0.4) is 0 Å². The molecule has 0 aliphatic rings. The predicted octanol–water partition coefficient (Wildman–Crippen LogP) is 1.71. The number of anilines is 2. The van der Waals surface area contributed by atoms with Crippen LogP contribution in [0.25, 0.3) is 0 Å². The van der Waals surface area contributed by atoms with Crippen molar-refractivity contribution in [3.63, 3.8) is 0 Å². The number of aryl methyl sites for hydroxylation is 1. The van der Waals surface area contributed by atoms with Gasteiger partial charge >= 0.3 is 5.97 Å². The molecule has 6 nitrogen and oxygen atoms in total. The fraction of sp³-hybridized carbons (Fsp3) is 0.167. The molecule has 0 saturated heterocycles. The molecule has 0 atom stereocenters. The van der Waals surface area contributed by atoms with Gasteiger partial charge in [-0.3, -0.25) is 9.97 Å². The van der Waals surface area contributed by atoms with Gasteiger partial charge in [0.2, 0.25) is 0 Å². The van der Waals surface area contributed by atoms with E-state index < -0.39 is 5.97 Å². The molecule has 2 aromatic rings. The van der Waals surface area contributed by atoms with Crippen LogP contribution in [0.15, 0.2) is 30.9 Å². The molecule has 0 bridgehead atoms. The summed E-state index contributed by atoms with van der Waals surface area (Å²) in [6, 6.07) is 1.92. The highest BCUT2D eigenvalue weighted by Crippen LogP contribution is 2.13. The fourth-order valence-electron chi connectivity index (χ4n) is 1.40. The predicted molar refractivity (Wildman–Crippen MR) is 65.6 cm³/mol. The van der Waals surface area contributed by atoms with Crippen molar-refractivity contribution in [2.75, 3.05) is 12.4 Å². The Balaban J connectivity index is 2.22. The SMILES string of the molecule is COC(=O)c1cncc(Nc2cncc(C)c2)n1. The molecule has 2 aromatic heterocycles. The second kappa shape index (κ2) is 5.22. The van der Waals surface area contributed by atoms with Crippen LogP contribution in [0.2, 0.25) is 0 Å². The lowest BCUT2D eigenvalue weighted by Crippen LogP contribution is -2.06. The first-order chi connectivity index (χ1) is 8.69. The number of carbonyl (C=O) groups is 1. The number of carbonyl (C=O) groups excluding carboxylic acids is 1. The van der Waals surface area contributed by atoms with Gasteiger partial charge in [0.1, 0.15) is 5.82 Å². The number of esters is 1. The molecule has 0 aliphatic carbocycles. The van der Waals surface area contributed by atoms with Crippen molar-refractivity contribution in [2.24, 2.45) is 0 Å². The van der Waals surface area contributed by atoms with Crippen molar-refractivity contribution in [3.8, 4) is 0 Å². The van der Waals surface area contributed by atoms with Crippen molar-refractivity contribution < 1.29 is 9.53 Å². The van der Waals surface area contributed by atoms with Gasteiger partial charge in [-0.15, -0.1) is 0 Å². The lowest BCUT2D eigenvalue weighted by molar-refractivity contribution is 0.0593. The number of rotatable bonds is 3. The van der Waals surface area contributed by atoms with E-state index in [2.05, 4.69) is 25.0 Å². The monoisotopic (exact) mass is 244 g/mol. The van der Waals surface area contributed by atoms with E-state index in [1.165, 1.54) is 19.5 Å². The molecule has 6 heteroatoms. The van der Waals surface area contributed by atoms with Gasteiger partial charge in [0.15, 0.2) is 5.69 Å². The molecule has 18 heavy (non-hydrogen) atoms. The number of nitrogens with one attached hydrogen (secondary N) is 1. The lowest BCUT2D eigenvalue weighted by atomic mass is 10.3. The molecule has 0 fully saturated rings. The average Bonchev–Trinajstić information content (AvgIpc) is 2.38. The molecule has 0 saturated carbocycles. The summed E-state index contributed by atoms with van der Waals surface area (Å²) in [7, 11) is 1.30. The summed E-state index contributed by atoms with van der Waals surface area (Å²) in [5.41, 5.74) is 1.96. The van der Waals surface area contributed by atoms with Crippen molar-refractivity contribution in [2.45, 2.75) is 6.92 Å². The smallest absolute Gasteiger partial charge is 0.358 e. The summed E-state index contributed by atoms with van der Waals surface area (Å²) in [6.07, 6.45) is 6.29. The largest absolute Gasteiger partial charge is 0.464 e. The highest BCUT2D eigenvalue weighted by atomic mass is 16.5. The standard InChI is InChI=1S/C12H12N4O2/c1-8-3-9(5-13-4-8)15-11-7-14-6-10(16-11)12(17)18-2/h3-7H,1-2H3,(H,15,16). The topological polar surface area (TPSA) is 77.0 Å². The van der Waals surface area contributed by atoms with Gasteiger partial charge in [0.25, 0.3) is 0 Å². The van der Waals surface area contributed by atoms with Crippen LogP contribution in [0.1, 0.15) is 16.1 Å². The molecule has 2 heterocycles. The molecule has 1 N–H and O–H groups in total. The zero-order valence-corrected chi connectivity index (χ0v) is 10.0. The second-order valence-electron chi connectivity index (χ2n) is 3.66. The summed E-state index contributed by atoms with van der Waals surface area (Å²) in [6.45, 7) is 1.94. The van der Waals surface area contributed by atoms with E-state index in [0.29, 0.717) is 5.82 Å². The minimum atomic E-state index is -0.520. The third-order valence-electron chi connectivity index (χ3n) is 2.18. The first-order valence-corrected chi connectivity index (χ1v) is 5.28. The van der Waals surface area contributed by atoms with Crippen LogP contribution in [-0.2, 0) is 4.74 Å². The molecule has 0 aromatic carbocycles. The number of nitrogens with zero attached hydrogens (tertiary/aromatic N) is 3. The minimum absolute atomic E-state index is 0.156. The number of hydrogen-bond acceptors (Lipinski definition) is 6. The number of aromatic nitrogens is 3. The maximum atomic E-state index is 11.3. The summed E-state index contributed by atoms with van der Waals surface area (Å²) >= 11 is 0. The van der Waals surface area contributed by atoms with Crippen LogP contribution in [0.4, 0.5) is 11.5 Å². The van der Waals surface area contributed by atoms with Gasteiger partial charge in [-0.25, -0.2) is 9.78 Å². The van der Waals surface area contributed by atoms with E-state index in [0.717, 1.165) is 11.3 Å². The number of pyridine rings is 1. The van der Waals surface area contributed by atoms with Crippen LogP contribution in [-0.4, -0.2) is 28.0 Å². The molecule has 92 valence electrons. The third-order valence-corrected chi connectivity index (χ3v) is 2.18. The zero-order valence-electron chi connectivity index (χ0n) is 10.0. The van der Waals surface area contributed by atoms with E-state index >= 15 is 0 Å². The van der Waals surface area contributed by atoms with Gasteiger partial charge in [0, 0.05) is 6.20 Å². The van der Waals surface area contributed by atoms with Gasteiger partial charge in [-0.2, -0.15) is 0 Å². The highest BCUT2D eigenvalue weighted by molar-refractivity contribution is 5.87. The maximum Gasteiger partial charge on any atom is 0.358 e. The Kier molecular flexibility index (Phi) is 3.47. The number of ether oxygens (including phenoxy) is 1. The van der Waals surface area contributed by atoms with Gasteiger partial charge in [-0.1, -0.05) is 0 Å². The normalized spacial score (nSPS) is 9.89. The Bertz CT molecular complexity index is 572. The Morgan fingerprint density at radius 1 is 1.22 bits per heavy atom. The molecular formula is C12H12N4O2. The second-order valence-corrected chi connectivity index (χ2v) is 3.66. The van der Waals surface area contributed by atoms with Crippen LogP contribution in [0.5, 0.6) is 0 Å². The molecule has 0 aliphatic heterocycles. The summed E-state index contributed by atoms with van der Waals surface area (Å²) in [4.78, 5) is 23.4. The molecule has 0 spiro atoms. The highest BCUT2D eigenvalue weighted by Gasteiger charge is 2.08. The number of methoxy groups -OCH3 is 1. The Morgan fingerprint density at radius 3 is 2.72 bits per heavy atom. The van der Waals surface area contributed by atoms with Crippen LogP contribution in [0, 0.1) is 6.92 Å². The summed E-state index contributed by atoms with van der Waals surface area (Å²) in [5.74, 6) is -0.0567. The van der Waals surface area contributed by atoms with Gasteiger partial charge in [-0.05, 0) is 18.6 Å². The minimum Gasteiger partial charge on any atom is -0.464 e. The quantitative estimate of drug-likeness (QED) is 0.828. The van der Waals surface area contributed by atoms with E-state index in [9.17, 15) is 4.79 Å². The van der Waals surface area contributed by atoms with E-state index in [1.54, 1.807) is 12.4 Å². The maximum absolute atomic E-state index is 11.3. The van der Waals surface area contributed by atoms with Crippen molar-refractivity contribution in [3.05, 3.63) is 42.1 Å². The van der Waals surface area contributed by atoms with E-state index in [1.807, 2.05) is 13.0 Å². The summed E-state index contributed by atoms with van der Waals surface area (Å²) in [5, 5.41) is 3.02. The molecule has 0 radical (unpaired) electrons. The van der Waals surface area contributed by atoms with Crippen LogP contribution >= 0.6 is 0 Å². The molecular weight excluding hydrogens is 232 g/mol. The molecule has 0 amide bonds. The van der Waals surface area contributed by atoms with Crippen molar-refractivity contribution in [1.82, 2.24) is 15.0 Å². The average molecular weight is 244 g/mol. The zero-order chi connectivity index (χ0) is 13.0. The van der Waals surface area contributed by atoms with Gasteiger partial charge in [0.05, 0.1) is 31.4 Å². The first-order valence-electron chi connectivity index (χ1n) is 5.28. The Hall–Kier alpha value is -2.50. The number of hydrogen-bond donors (Lipinski definition) is 1. The fourth-order valence-corrected chi connectivity index (χ4v) is 1.40. The lowest BCUT2D eigenvalue weighted by Gasteiger charge is -2.06. The molecule has 0 unspecified atom stereocenters. The Labute approximate surface area is 104 Å². The van der Waals surface area contributed by atoms with Crippen molar-refractivity contribution in [1.29, 1.82) is 0 Å². The molecule has 2 rings (SSSR count). The van der Waals surface area contributed by atoms with Crippen molar-refractivity contribution >= 4 is 17.5 Å². The van der Waals surface area contributed by atoms with Gasteiger partial charge < -0.3 is 10.1 Å². The van der Waals surface area contributed by atoms with E-state index in [-0.39, 0.29) is 5.69 Å². The summed E-state index contributed by atoms with van der Waals surface area (Å²) < 4.78 is 4.58. The van der Waals surface area contributed by atoms with Crippen LogP contribution < -0.4 is 5.32 Å². The Morgan fingerprint density at radius 2 is 2.00 bits per heavy atom. The van der Waals surface area contributed by atoms with E-state index in [4.69, 9.17) is 0 Å².